The summed E-state index contributed by atoms with van der Waals surface area (Å²) in [7, 11) is 2.87. The summed E-state index contributed by atoms with van der Waals surface area (Å²) in [5, 5.41) is 51.1. The Morgan fingerprint density at radius 1 is 0.901 bits per heavy atom. The van der Waals surface area contributed by atoms with Crippen LogP contribution in [0.4, 0.5) is 5.69 Å². The summed E-state index contributed by atoms with van der Waals surface area (Å²) in [6, 6.07) is 9.65. The molecule has 2 aliphatic rings. The van der Waals surface area contributed by atoms with E-state index in [0.29, 0.717) is 49.1 Å². The van der Waals surface area contributed by atoms with Gasteiger partial charge >= 0.3 is 5.97 Å². The van der Waals surface area contributed by atoms with Crippen LogP contribution in [0, 0.1) is 36.5 Å². The van der Waals surface area contributed by atoms with Crippen molar-refractivity contribution in [3.8, 4) is 17.2 Å². The minimum absolute atomic E-state index is 0.0243. The summed E-state index contributed by atoms with van der Waals surface area (Å²) >= 11 is 0. The molecule has 71 heavy (non-hydrogen) atoms. The third-order valence-electron chi connectivity index (χ3n) is 13.8. The molecular weight excluding hydrogens is 907 g/mol. The molecule has 3 aromatic carbocycles. The maximum absolute atomic E-state index is 14.0. The predicted octanol–water partition coefficient (Wildman–Crippen LogP) is 6.96. The molecule has 0 bridgehead atoms. The van der Waals surface area contributed by atoms with Crippen molar-refractivity contribution >= 4 is 40.0 Å². The van der Waals surface area contributed by atoms with Crippen molar-refractivity contribution in [1.82, 2.24) is 10.2 Å². The first-order valence-electron chi connectivity index (χ1n) is 24.7. The lowest BCUT2D eigenvalue weighted by molar-refractivity contribution is -0.163. The van der Waals surface area contributed by atoms with Crippen molar-refractivity contribution in [1.29, 1.82) is 0 Å². The molecule has 0 unspecified atom stereocenters. The zero-order valence-corrected chi connectivity index (χ0v) is 43.2. The van der Waals surface area contributed by atoms with Crippen LogP contribution < -0.4 is 26.1 Å². The maximum Gasteiger partial charge on any atom is 0.315 e. The van der Waals surface area contributed by atoms with E-state index >= 15 is 0 Å². The van der Waals surface area contributed by atoms with Crippen molar-refractivity contribution < 1.29 is 53.8 Å². The predicted molar refractivity (Wildman–Crippen MR) is 273 cm³/mol. The average molecular weight is 982 g/mol. The van der Waals surface area contributed by atoms with E-state index in [4.69, 9.17) is 24.2 Å². The molecule has 0 radical (unpaired) electrons. The number of benzene rings is 3. The lowest BCUT2D eigenvalue weighted by Crippen LogP contribution is -2.44. The van der Waals surface area contributed by atoms with Gasteiger partial charge in [0, 0.05) is 74.5 Å². The standard InChI is InChI=1S/C55H75N5O11/c1-31(2)30-60-25-22-55(23-26-60)58-46-44-43(38(9)62)53(70-11)37(8)50(66)45(44)51(67)48(47(46)59-55)57-54(68)33(4)17-15-16-32(3)28-34(5)49(65)36(7)52(35(6)40(69-10)21-27-61)71-42(64)29-41(63)56-24-20-39-18-13-12-14-19-39/h12-19,21,27,31-32,34-36,40,49,52,61,65-67H,20,22-26,28-30H2,1-11H3,(H,56,63)(H,57,68)/b16-15+,27-21+,33-17-/t32-,34+,35+,36+,40-,49+,52+/m0/s1. The number of phenols is 2. The molecule has 16 heteroatoms. The number of likely N-dealkylation sites (tertiary alicyclic amines) is 1. The third kappa shape index (κ3) is 13.5. The van der Waals surface area contributed by atoms with Gasteiger partial charge in [-0.1, -0.05) is 90.1 Å². The number of hydrogen-bond acceptors (Lipinski definition) is 14. The van der Waals surface area contributed by atoms with Crippen molar-refractivity contribution in [3.63, 3.8) is 0 Å². The fourth-order valence-electron chi connectivity index (χ4n) is 9.99. The first-order chi connectivity index (χ1) is 33.7. The molecule has 16 nitrogen and oxygen atoms in total. The number of amides is 2. The number of carbonyl (C=O) groups is 4. The summed E-state index contributed by atoms with van der Waals surface area (Å²) < 4.78 is 17.1. The number of ketones is 1. The molecule has 7 atom stereocenters. The van der Waals surface area contributed by atoms with Crippen LogP contribution in [0.2, 0.25) is 0 Å². The lowest BCUT2D eigenvalue weighted by Gasteiger charge is -2.36. The zero-order chi connectivity index (χ0) is 52.3. The number of nitrogens with zero attached hydrogens (tertiary/aromatic N) is 3. The molecule has 2 heterocycles. The zero-order valence-electron chi connectivity index (χ0n) is 43.2. The number of Topliss-reactive ketones (excluding diaryl/α,β-unsaturated/α-hetero) is 1. The molecule has 0 saturated carbocycles. The van der Waals surface area contributed by atoms with Gasteiger partial charge in [0.1, 0.15) is 35.1 Å². The van der Waals surface area contributed by atoms with Crippen LogP contribution in [-0.4, -0.2) is 113 Å². The van der Waals surface area contributed by atoms with Crippen LogP contribution in [0.5, 0.6) is 17.2 Å². The minimum atomic E-state index is -0.958. The molecule has 0 aliphatic carbocycles. The van der Waals surface area contributed by atoms with E-state index in [1.807, 2.05) is 50.3 Å². The van der Waals surface area contributed by atoms with Crippen LogP contribution in [0.15, 0.2) is 76.5 Å². The normalized spacial score (nSPS) is 17.8. The fraction of sp³-hybridized carbons (Fsp3) is 0.527. The van der Waals surface area contributed by atoms with E-state index in [1.54, 1.807) is 39.8 Å². The van der Waals surface area contributed by atoms with Crippen molar-refractivity contribution in [2.75, 3.05) is 45.7 Å². The van der Waals surface area contributed by atoms with Gasteiger partial charge in [-0.2, -0.15) is 0 Å². The SMILES string of the molecule is COc1c(C)c(O)c2c(O)c(NC(=O)/C(C)=C\C=C\[C@H](C)C[C@@H](C)[C@@H](O)[C@@H](C)[C@H](OC(=O)CC(=O)NCCc3ccccc3)[C@H](C)[C@H](/C=C/O)OC)c3c(c2c1C(C)=O)=NC1(CCN(CC(C)C)CC1)N=3. The smallest absolute Gasteiger partial charge is 0.315 e. The summed E-state index contributed by atoms with van der Waals surface area (Å²) in [5.41, 5.74) is 0.814. The highest BCUT2D eigenvalue weighted by molar-refractivity contribution is 6.15. The van der Waals surface area contributed by atoms with Gasteiger partial charge in [-0.25, -0.2) is 0 Å². The molecule has 1 fully saturated rings. The molecule has 6 N–H and O–H groups in total. The van der Waals surface area contributed by atoms with E-state index in [-0.39, 0.29) is 62.1 Å². The Bertz CT molecular complexity index is 2620. The molecule has 3 aromatic rings. The van der Waals surface area contributed by atoms with Crippen LogP contribution in [0.25, 0.3) is 10.8 Å². The Morgan fingerprint density at radius 2 is 1.56 bits per heavy atom. The average Bonchev–Trinajstić information content (AvgIpc) is 3.70. The molecule has 1 spiro atoms. The van der Waals surface area contributed by atoms with Crippen molar-refractivity contribution in [2.24, 2.45) is 39.6 Å². The highest BCUT2D eigenvalue weighted by atomic mass is 16.5. The molecule has 5 rings (SSSR count). The highest BCUT2D eigenvalue weighted by Gasteiger charge is 2.40. The van der Waals surface area contributed by atoms with Crippen LogP contribution in [-0.2, 0) is 30.3 Å². The van der Waals surface area contributed by atoms with Gasteiger partial charge in [0.25, 0.3) is 5.91 Å². The first kappa shape index (κ1) is 55.8. The molecular formula is C55H75N5O11. The number of aliphatic hydroxyl groups is 2. The number of esters is 1. The molecule has 2 amide bonds. The number of rotatable bonds is 23. The second kappa shape index (κ2) is 24.8. The molecule has 0 aromatic heterocycles. The van der Waals surface area contributed by atoms with Gasteiger partial charge in [-0.3, -0.25) is 29.2 Å². The second-order valence-electron chi connectivity index (χ2n) is 19.9. The number of allylic oxidation sites excluding steroid dienone is 3. The number of aromatic hydroxyl groups is 2. The van der Waals surface area contributed by atoms with E-state index < -0.39 is 65.8 Å². The van der Waals surface area contributed by atoms with Gasteiger partial charge < -0.3 is 50.2 Å². The topological polar surface area (TPSA) is 229 Å². The van der Waals surface area contributed by atoms with Gasteiger partial charge in [0.2, 0.25) is 5.91 Å². The van der Waals surface area contributed by atoms with Crippen LogP contribution in [0.1, 0.15) is 103 Å². The summed E-state index contributed by atoms with van der Waals surface area (Å²) in [6.07, 6.45) is 6.81. The number of phenolic OH excluding ortho intramolecular Hbond substituents is 2. The van der Waals surface area contributed by atoms with E-state index in [2.05, 4.69) is 29.4 Å². The van der Waals surface area contributed by atoms with Crippen molar-refractivity contribution in [3.05, 3.63) is 93.9 Å². The first-order valence-corrected chi connectivity index (χ1v) is 24.7. The quantitative estimate of drug-likeness (QED) is 0.0108. The van der Waals surface area contributed by atoms with E-state index in [1.165, 1.54) is 27.2 Å². The van der Waals surface area contributed by atoms with E-state index in [9.17, 15) is 39.6 Å². The number of fused-ring (bicyclic) bond motifs is 3. The Balaban J connectivity index is 1.32. The minimum Gasteiger partial charge on any atom is -0.516 e. The van der Waals surface area contributed by atoms with E-state index in [0.717, 1.165) is 31.5 Å². The Morgan fingerprint density at radius 3 is 2.17 bits per heavy atom. The van der Waals surface area contributed by atoms with Gasteiger partial charge in [-0.05, 0) is 63.0 Å². The highest BCUT2D eigenvalue weighted by Crippen LogP contribution is 2.45. The third-order valence-corrected chi connectivity index (χ3v) is 13.8. The number of piperidine rings is 1. The molecule has 2 aliphatic heterocycles. The number of carbonyl (C=O) groups excluding carboxylic acids is 4. The van der Waals surface area contributed by atoms with Gasteiger partial charge in [0.15, 0.2) is 17.2 Å². The fourth-order valence-corrected chi connectivity index (χ4v) is 9.99. The lowest BCUT2D eigenvalue weighted by atomic mass is 9.79. The maximum atomic E-state index is 14.0. The number of nitrogens with one attached hydrogen (secondary N) is 2. The van der Waals surface area contributed by atoms with Crippen molar-refractivity contribution in [2.45, 2.75) is 118 Å². The molecule has 386 valence electrons. The Kier molecular flexibility index (Phi) is 19.5. The second-order valence-corrected chi connectivity index (χ2v) is 19.9. The Hall–Kier alpha value is -6.10. The van der Waals surface area contributed by atoms with Gasteiger partial charge in [-0.15, -0.1) is 0 Å². The van der Waals surface area contributed by atoms with Gasteiger partial charge in [0.05, 0.1) is 41.9 Å². The largest absolute Gasteiger partial charge is 0.516 e. The summed E-state index contributed by atoms with van der Waals surface area (Å²) in [6.45, 7) is 19.1. The number of aliphatic hydroxyl groups excluding tert-OH is 2. The number of anilines is 1. The summed E-state index contributed by atoms with van der Waals surface area (Å²) in [4.78, 5) is 65.8. The number of hydrogen-bond donors (Lipinski definition) is 6. The Labute approximate surface area is 417 Å². The monoisotopic (exact) mass is 982 g/mol. The number of methoxy groups -OCH3 is 2. The molecule has 1 saturated heterocycles. The van der Waals surface area contributed by atoms with Crippen LogP contribution >= 0.6 is 0 Å². The summed E-state index contributed by atoms with van der Waals surface area (Å²) in [5.74, 6) is -3.76. The van der Waals surface area contributed by atoms with Crippen LogP contribution in [0.3, 0.4) is 0 Å². The number of ether oxygens (including phenoxy) is 3.